The molecule has 0 aromatic rings. The van der Waals surface area contributed by atoms with Crippen LogP contribution in [0.4, 0.5) is 8.78 Å². The van der Waals surface area contributed by atoms with Gasteiger partial charge in [0.2, 0.25) is 15.9 Å². The highest BCUT2D eigenvalue weighted by atomic mass is 32.2. The Morgan fingerprint density at radius 3 is 2.50 bits per heavy atom. The first kappa shape index (κ1) is 16.1. The first-order valence-corrected chi connectivity index (χ1v) is 9.60. The SMILES string of the molecule is CS(=O)(=O)N1CC[C@@]2(CCC[C@@H]2C(=O)NC2CC(F)(F)C2)C1. The second-order valence-electron chi connectivity index (χ2n) is 7.12. The van der Waals surface area contributed by atoms with Gasteiger partial charge in [-0.2, -0.15) is 0 Å². The van der Waals surface area contributed by atoms with Gasteiger partial charge in [-0.25, -0.2) is 21.5 Å². The molecule has 1 N–H and O–H groups in total. The van der Waals surface area contributed by atoms with E-state index in [4.69, 9.17) is 0 Å². The van der Waals surface area contributed by atoms with Gasteiger partial charge in [-0.3, -0.25) is 4.79 Å². The maximum absolute atomic E-state index is 12.9. The largest absolute Gasteiger partial charge is 0.353 e. The molecular weight excluding hydrogens is 314 g/mol. The first-order chi connectivity index (χ1) is 10.1. The van der Waals surface area contributed by atoms with Gasteiger partial charge >= 0.3 is 0 Å². The van der Waals surface area contributed by atoms with Crippen molar-refractivity contribution >= 4 is 15.9 Å². The molecule has 2 saturated carbocycles. The fourth-order valence-electron chi connectivity index (χ4n) is 4.24. The predicted molar refractivity (Wildman–Crippen MR) is 76.9 cm³/mol. The molecule has 3 rings (SSSR count). The van der Waals surface area contributed by atoms with E-state index in [9.17, 15) is 22.0 Å². The number of rotatable bonds is 3. The second kappa shape index (κ2) is 5.12. The molecule has 5 nitrogen and oxygen atoms in total. The minimum atomic E-state index is -3.24. The second-order valence-corrected chi connectivity index (χ2v) is 9.11. The molecule has 2 atom stereocenters. The molecule has 1 heterocycles. The molecule has 1 amide bonds. The van der Waals surface area contributed by atoms with Crippen molar-refractivity contribution in [2.75, 3.05) is 19.3 Å². The summed E-state index contributed by atoms with van der Waals surface area (Å²) in [6.45, 7) is 0.828. The molecule has 0 bridgehead atoms. The number of sulfonamides is 1. The highest BCUT2D eigenvalue weighted by Gasteiger charge is 2.53. The fraction of sp³-hybridized carbons (Fsp3) is 0.929. The lowest BCUT2D eigenvalue weighted by Gasteiger charge is -2.37. The maximum atomic E-state index is 12.9. The van der Waals surface area contributed by atoms with Crippen molar-refractivity contribution in [1.82, 2.24) is 9.62 Å². The summed E-state index contributed by atoms with van der Waals surface area (Å²) < 4.78 is 50.6. The summed E-state index contributed by atoms with van der Waals surface area (Å²) in [6.07, 6.45) is 3.73. The van der Waals surface area contributed by atoms with Gasteiger partial charge < -0.3 is 5.32 Å². The van der Waals surface area contributed by atoms with Gasteiger partial charge in [0.05, 0.1) is 6.26 Å². The van der Waals surface area contributed by atoms with E-state index >= 15 is 0 Å². The van der Waals surface area contributed by atoms with Crippen LogP contribution in [0, 0.1) is 11.3 Å². The minimum absolute atomic E-state index is 0.173. The third-order valence-electron chi connectivity index (χ3n) is 5.48. The Labute approximate surface area is 129 Å². The van der Waals surface area contributed by atoms with Crippen molar-refractivity contribution in [3.8, 4) is 0 Å². The standard InChI is InChI=1S/C14H22F2N2O3S/c1-22(20,21)18-6-5-13(9-18)4-2-3-11(13)12(19)17-10-7-14(15,16)8-10/h10-11H,2-9H2,1H3,(H,17,19)/t11-,13+/m1/s1. The smallest absolute Gasteiger partial charge is 0.252 e. The number of nitrogens with zero attached hydrogens (tertiary/aromatic N) is 1. The van der Waals surface area contributed by atoms with Crippen LogP contribution in [-0.2, 0) is 14.8 Å². The Morgan fingerprint density at radius 1 is 1.27 bits per heavy atom. The van der Waals surface area contributed by atoms with Gasteiger partial charge in [0.15, 0.2) is 0 Å². The number of hydrogen-bond acceptors (Lipinski definition) is 3. The third kappa shape index (κ3) is 2.87. The number of amides is 1. The zero-order valence-electron chi connectivity index (χ0n) is 12.6. The van der Waals surface area contributed by atoms with Crippen molar-refractivity contribution in [2.45, 2.75) is 50.5 Å². The van der Waals surface area contributed by atoms with Crippen molar-refractivity contribution in [2.24, 2.45) is 11.3 Å². The molecule has 8 heteroatoms. The van der Waals surface area contributed by atoms with E-state index in [0.29, 0.717) is 25.9 Å². The molecule has 1 spiro atoms. The van der Waals surface area contributed by atoms with Crippen LogP contribution in [0.5, 0.6) is 0 Å². The molecule has 0 radical (unpaired) electrons. The maximum Gasteiger partial charge on any atom is 0.252 e. The van der Waals surface area contributed by atoms with Crippen molar-refractivity contribution in [1.29, 1.82) is 0 Å². The van der Waals surface area contributed by atoms with E-state index < -0.39 is 22.0 Å². The number of nitrogens with one attached hydrogen (secondary N) is 1. The highest BCUT2D eigenvalue weighted by Crippen LogP contribution is 2.50. The molecule has 1 aliphatic heterocycles. The fourth-order valence-corrected chi connectivity index (χ4v) is 5.16. The van der Waals surface area contributed by atoms with Crippen LogP contribution in [-0.4, -0.2) is 49.9 Å². The average molecular weight is 336 g/mol. The molecule has 2 aliphatic carbocycles. The van der Waals surface area contributed by atoms with E-state index in [1.807, 2.05) is 0 Å². The molecule has 0 aromatic carbocycles. The van der Waals surface area contributed by atoms with Gasteiger partial charge in [-0.05, 0) is 24.7 Å². The van der Waals surface area contributed by atoms with Crippen LogP contribution >= 0.6 is 0 Å². The Kier molecular flexibility index (Phi) is 3.75. The van der Waals surface area contributed by atoms with E-state index in [2.05, 4.69) is 5.32 Å². The van der Waals surface area contributed by atoms with Crippen molar-refractivity contribution < 1.29 is 22.0 Å². The van der Waals surface area contributed by atoms with Crippen LogP contribution in [0.3, 0.4) is 0 Å². The molecule has 3 aliphatic rings. The summed E-state index contributed by atoms with van der Waals surface area (Å²) in [7, 11) is -3.24. The summed E-state index contributed by atoms with van der Waals surface area (Å²) in [5.41, 5.74) is -0.306. The summed E-state index contributed by atoms with van der Waals surface area (Å²) in [4.78, 5) is 12.5. The first-order valence-electron chi connectivity index (χ1n) is 7.75. The lowest BCUT2D eigenvalue weighted by molar-refractivity contribution is -0.135. The number of halogens is 2. The molecule has 1 saturated heterocycles. The van der Waals surface area contributed by atoms with Gasteiger partial charge in [0.25, 0.3) is 5.92 Å². The van der Waals surface area contributed by atoms with Gasteiger partial charge in [0, 0.05) is 37.9 Å². The summed E-state index contributed by atoms with van der Waals surface area (Å²) in [6, 6.07) is -0.437. The van der Waals surface area contributed by atoms with E-state index in [0.717, 1.165) is 12.8 Å². The summed E-state index contributed by atoms with van der Waals surface area (Å²) in [5.74, 6) is -3.08. The van der Waals surface area contributed by atoms with E-state index in [1.165, 1.54) is 10.6 Å². The monoisotopic (exact) mass is 336 g/mol. The molecular formula is C14H22F2N2O3S. The lowest BCUT2D eigenvalue weighted by atomic mass is 9.76. The Bertz CT molecular complexity index is 573. The number of alkyl halides is 2. The van der Waals surface area contributed by atoms with Crippen molar-refractivity contribution in [3.63, 3.8) is 0 Å². The van der Waals surface area contributed by atoms with Crippen LogP contribution < -0.4 is 5.32 Å². The van der Waals surface area contributed by atoms with Crippen LogP contribution in [0.2, 0.25) is 0 Å². The zero-order chi connectivity index (χ0) is 16.2. The molecule has 0 unspecified atom stereocenters. The normalized spacial score (nSPS) is 35.7. The molecule has 126 valence electrons. The number of carbonyl (C=O) groups is 1. The average Bonchev–Trinajstić information content (AvgIpc) is 2.94. The summed E-state index contributed by atoms with van der Waals surface area (Å²) >= 11 is 0. The van der Waals surface area contributed by atoms with Crippen molar-refractivity contribution in [3.05, 3.63) is 0 Å². The van der Waals surface area contributed by atoms with Gasteiger partial charge in [-0.1, -0.05) is 6.42 Å². The Hall–Kier alpha value is -0.760. The van der Waals surface area contributed by atoms with Crippen LogP contribution in [0.1, 0.15) is 38.5 Å². The Morgan fingerprint density at radius 2 is 1.95 bits per heavy atom. The van der Waals surface area contributed by atoms with Gasteiger partial charge in [0.1, 0.15) is 0 Å². The minimum Gasteiger partial charge on any atom is -0.353 e. The molecule has 3 fully saturated rings. The third-order valence-corrected chi connectivity index (χ3v) is 6.73. The Balaban J connectivity index is 1.65. The van der Waals surface area contributed by atoms with Crippen LogP contribution in [0.25, 0.3) is 0 Å². The quantitative estimate of drug-likeness (QED) is 0.846. The van der Waals surface area contributed by atoms with E-state index in [-0.39, 0.29) is 30.1 Å². The van der Waals surface area contributed by atoms with E-state index in [1.54, 1.807) is 0 Å². The molecule has 0 aromatic heterocycles. The zero-order valence-corrected chi connectivity index (χ0v) is 13.5. The lowest BCUT2D eigenvalue weighted by Crippen LogP contribution is -2.53. The van der Waals surface area contributed by atoms with Crippen LogP contribution in [0.15, 0.2) is 0 Å². The molecule has 22 heavy (non-hydrogen) atoms. The topological polar surface area (TPSA) is 66.5 Å². The number of carbonyl (C=O) groups excluding carboxylic acids is 1. The summed E-state index contributed by atoms with van der Waals surface area (Å²) in [5, 5.41) is 2.73. The highest BCUT2D eigenvalue weighted by molar-refractivity contribution is 7.88. The number of hydrogen-bond donors (Lipinski definition) is 1. The predicted octanol–water partition coefficient (Wildman–Crippen LogP) is 1.35. The van der Waals surface area contributed by atoms with Gasteiger partial charge in [-0.15, -0.1) is 0 Å².